The summed E-state index contributed by atoms with van der Waals surface area (Å²) >= 11 is 2.05. The van der Waals surface area contributed by atoms with Gasteiger partial charge in [-0.25, -0.2) is 0 Å². The van der Waals surface area contributed by atoms with Crippen LogP contribution < -0.4 is 15.9 Å². The summed E-state index contributed by atoms with van der Waals surface area (Å²) in [6, 6.07) is 33.3. The summed E-state index contributed by atoms with van der Waals surface area (Å²) in [6.45, 7) is 2.35. The fourth-order valence-corrected chi connectivity index (χ4v) is 12.7. The van der Waals surface area contributed by atoms with Gasteiger partial charge in [0.1, 0.15) is 0 Å². The summed E-state index contributed by atoms with van der Waals surface area (Å²) in [6.07, 6.45) is 3.40. The van der Waals surface area contributed by atoms with Crippen LogP contribution in [-0.2, 0) is 0 Å². The number of hydrogen-bond acceptors (Lipinski definition) is 1. The zero-order valence-electron chi connectivity index (χ0n) is 13.7. The quantitative estimate of drug-likeness (QED) is 0.601. The van der Waals surface area contributed by atoms with E-state index >= 15 is 0 Å². The van der Waals surface area contributed by atoms with Crippen LogP contribution in [0.25, 0.3) is 0 Å². The van der Waals surface area contributed by atoms with Crippen molar-refractivity contribution in [1.29, 1.82) is 0 Å². The van der Waals surface area contributed by atoms with Gasteiger partial charge in [0, 0.05) is 0 Å². The van der Waals surface area contributed by atoms with E-state index < -0.39 is 5.81 Å². The normalized spacial score (nSPS) is 13.2. The van der Waals surface area contributed by atoms with Gasteiger partial charge in [-0.2, -0.15) is 0 Å². The third kappa shape index (κ3) is 2.35. The molecule has 0 aliphatic carbocycles. The van der Waals surface area contributed by atoms with Crippen LogP contribution in [0.1, 0.15) is 6.92 Å². The Morgan fingerprint density at radius 2 is 0.913 bits per heavy atom. The van der Waals surface area contributed by atoms with E-state index in [1.54, 1.807) is 0 Å². The second-order valence-corrected chi connectivity index (χ2v) is 14.2. The summed E-state index contributed by atoms with van der Waals surface area (Å²) in [7, 11) is 0. The average Bonchev–Trinajstić information content (AvgIpc) is 2.67. The number of rotatable bonds is 5. The van der Waals surface area contributed by atoms with Gasteiger partial charge in [-0.05, 0) is 0 Å². The van der Waals surface area contributed by atoms with E-state index in [0.717, 1.165) is 6.16 Å². The molecular weight excluding hydrogens is 315 g/mol. The van der Waals surface area contributed by atoms with E-state index in [1.165, 1.54) is 15.9 Å². The first-order valence-electron chi connectivity index (χ1n) is 8.02. The number of hydrogen-bond donors (Lipinski definition) is 0. The van der Waals surface area contributed by atoms with Crippen LogP contribution in [0.3, 0.4) is 0 Å². The molecule has 0 N–H and O–H groups in total. The van der Waals surface area contributed by atoms with Gasteiger partial charge < -0.3 is 0 Å². The van der Waals surface area contributed by atoms with Crippen molar-refractivity contribution >= 4 is 33.1 Å². The van der Waals surface area contributed by atoms with Gasteiger partial charge in [0.2, 0.25) is 0 Å². The summed E-state index contributed by atoms with van der Waals surface area (Å²) in [5.41, 5.74) is 0. The first-order chi connectivity index (χ1) is 11.3. The third-order valence-electron chi connectivity index (χ3n) is 4.91. The molecule has 0 radical (unpaired) electrons. The van der Waals surface area contributed by atoms with Gasteiger partial charge in [-0.3, -0.25) is 0 Å². The molecule has 3 aromatic carbocycles. The molecule has 0 unspecified atom stereocenters. The van der Waals surface area contributed by atoms with Crippen LogP contribution in [-0.4, -0.2) is 12.4 Å². The molecule has 3 rings (SSSR count). The van der Waals surface area contributed by atoms with E-state index in [1.807, 2.05) is 0 Å². The van der Waals surface area contributed by atoms with Crippen LogP contribution in [0, 0.1) is 0 Å². The van der Waals surface area contributed by atoms with Gasteiger partial charge >= 0.3 is 143 Å². The summed E-state index contributed by atoms with van der Waals surface area (Å²) in [4.78, 5) is 0. The molecule has 118 valence electrons. The maximum atomic E-state index is 2.35. The Morgan fingerprint density at radius 1 is 0.609 bits per heavy atom. The van der Waals surface area contributed by atoms with Crippen molar-refractivity contribution in [2.75, 3.05) is 12.4 Å². The van der Waals surface area contributed by atoms with Gasteiger partial charge in [0.25, 0.3) is 0 Å². The van der Waals surface area contributed by atoms with Crippen molar-refractivity contribution in [2.24, 2.45) is 0 Å². The molecule has 0 atom stereocenters. The summed E-state index contributed by atoms with van der Waals surface area (Å²) in [5, 5.41) is 4.39. The van der Waals surface area contributed by atoms with E-state index in [4.69, 9.17) is 0 Å². The Labute approximate surface area is 143 Å². The van der Waals surface area contributed by atoms with Crippen LogP contribution in [0.5, 0.6) is 0 Å². The van der Waals surface area contributed by atoms with E-state index in [-0.39, 0.29) is 0 Å². The molecule has 0 nitrogen and oxygen atoms in total. The molecule has 0 aliphatic rings. The predicted molar refractivity (Wildman–Crippen MR) is 109 cm³/mol. The molecule has 0 aromatic heterocycles. The Hall–Kier alpha value is -1.56. The fourth-order valence-electron chi connectivity index (χ4n) is 3.67. The van der Waals surface area contributed by atoms with Gasteiger partial charge in [0.15, 0.2) is 0 Å². The van der Waals surface area contributed by atoms with Crippen molar-refractivity contribution < 1.29 is 0 Å². The van der Waals surface area contributed by atoms with Gasteiger partial charge in [-0.15, -0.1) is 0 Å². The standard InChI is InChI=1S/C21H23PS/c1-3-22(23-2,19-13-7-4-8-14-19,20-15-9-5-10-16-20)21-17-11-6-12-18-21/h4-18H,3H2,1-2H3. The Morgan fingerprint density at radius 3 is 1.13 bits per heavy atom. The molecule has 0 saturated carbocycles. The van der Waals surface area contributed by atoms with E-state index in [2.05, 4.69) is 116 Å². The average molecular weight is 338 g/mol. The molecule has 0 bridgehead atoms. The summed E-state index contributed by atoms with van der Waals surface area (Å²) < 4.78 is 0. The van der Waals surface area contributed by atoms with Gasteiger partial charge in [-0.1, -0.05) is 0 Å². The zero-order chi connectivity index (χ0) is 16.2. The first-order valence-corrected chi connectivity index (χ1v) is 12.3. The summed E-state index contributed by atoms with van der Waals surface area (Å²) in [5.74, 6) is -2.51. The first kappa shape index (κ1) is 16.3. The van der Waals surface area contributed by atoms with Crippen molar-refractivity contribution in [2.45, 2.75) is 6.92 Å². The molecule has 2 heteroatoms. The van der Waals surface area contributed by atoms with Crippen molar-refractivity contribution in [1.82, 2.24) is 0 Å². The molecular formula is C21H23PS. The Bertz CT molecular complexity index is 646. The van der Waals surface area contributed by atoms with Crippen LogP contribution >= 0.6 is 17.2 Å². The van der Waals surface area contributed by atoms with E-state index in [9.17, 15) is 0 Å². The second-order valence-electron chi connectivity index (χ2n) is 5.72. The number of benzene rings is 3. The van der Waals surface area contributed by atoms with Crippen LogP contribution in [0.4, 0.5) is 0 Å². The molecule has 0 heterocycles. The van der Waals surface area contributed by atoms with Crippen molar-refractivity contribution in [3.8, 4) is 0 Å². The maximum absolute atomic E-state index is 2.51. The minimum absolute atomic E-state index is 1.12. The van der Waals surface area contributed by atoms with E-state index in [0.29, 0.717) is 0 Å². The van der Waals surface area contributed by atoms with Gasteiger partial charge in [0.05, 0.1) is 0 Å². The van der Waals surface area contributed by atoms with Crippen LogP contribution in [0.15, 0.2) is 91.0 Å². The monoisotopic (exact) mass is 338 g/mol. The fraction of sp³-hybridized carbons (Fsp3) is 0.143. The van der Waals surface area contributed by atoms with Crippen LogP contribution in [0.2, 0.25) is 0 Å². The Balaban J connectivity index is 2.46. The predicted octanol–water partition coefficient (Wildman–Crippen LogP) is 4.81. The minimum atomic E-state index is -2.51. The molecule has 0 fully saturated rings. The molecule has 0 spiro atoms. The topological polar surface area (TPSA) is 0 Å². The van der Waals surface area contributed by atoms with Crippen molar-refractivity contribution in [3.63, 3.8) is 0 Å². The van der Waals surface area contributed by atoms with Crippen molar-refractivity contribution in [3.05, 3.63) is 91.0 Å². The molecule has 3 aromatic rings. The molecule has 23 heavy (non-hydrogen) atoms. The second kappa shape index (κ2) is 6.51. The molecule has 0 saturated heterocycles. The molecule has 0 amide bonds. The molecule has 0 aliphatic heterocycles. The SMILES string of the molecule is CCP(SC)(c1ccccc1)(c1ccccc1)c1ccccc1. The third-order valence-corrected chi connectivity index (χ3v) is 16.2. The zero-order valence-corrected chi connectivity index (χ0v) is 15.4. The Kier molecular flexibility index (Phi) is 4.62.